The number of aromatic nitrogens is 5. The van der Waals surface area contributed by atoms with Gasteiger partial charge in [0.25, 0.3) is 0 Å². The Kier molecular flexibility index (Phi) is 4.79. The van der Waals surface area contributed by atoms with Crippen molar-refractivity contribution >= 4 is 17.7 Å². The van der Waals surface area contributed by atoms with E-state index >= 15 is 0 Å². The fourth-order valence-corrected chi connectivity index (χ4v) is 2.44. The molecule has 0 atom stereocenters. The van der Waals surface area contributed by atoms with Gasteiger partial charge in [0.05, 0.1) is 5.75 Å². The summed E-state index contributed by atoms with van der Waals surface area (Å²) >= 11 is 1.34. The fraction of sp³-hybridized carbons (Fsp3) is 0.385. The van der Waals surface area contributed by atoms with Crippen molar-refractivity contribution in [1.82, 2.24) is 29.9 Å². The summed E-state index contributed by atoms with van der Waals surface area (Å²) in [5, 5.41) is 16.0. The number of carbonyl (C=O) groups excluding carboxylic acids is 1. The second kappa shape index (κ2) is 6.57. The maximum absolute atomic E-state index is 11.6. The zero-order valence-corrected chi connectivity index (χ0v) is 13.1. The summed E-state index contributed by atoms with van der Waals surface area (Å²) in [6, 6.07) is 1.95. The van der Waals surface area contributed by atoms with Crippen LogP contribution in [-0.4, -0.2) is 42.7 Å². The summed E-state index contributed by atoms with van der Waals surface area (Å²) in [5.74, 6) is 0.923. The molecule has 0 bridgehead atoms. The highest BCUT2D eigenvalue weighted by Gasteiger charge is 2.15. The first-order chi connectivity index (χ1) is 10.0. The van der Waals surface area contributed by atoms with Crippen molar-refractivity contribution in [2.45, 2.75) is 12.1 Å². The van der Waals surface area contributed by atoms with Crippen LogP contribution < -0.4 is 5.32 Å². The molecular formula is C13H18N6OS. The maximum atomic E-state index is 11.6. The molecule has 0 aliphatic carbocycles. The number of hydrogen-bond acceptors (Lipinski definition) is 5. The van der Waals surface area contributed by atoms with Crippen molar-refractivity contribution in [3.05, 3.63) is 24.4 Å². The van der Waals surface area contributed by atoms with E-state index in [9.17, 15) is 4.79 Å². The minimum atomic E-state index is -0.0573. The van der Waals surface area contributed by atoms with Crippen LogP contribution in [0.3, 0.4) is 0 Å². The summed E-state index contributed by atoms with van der Waals surface area (Å²) in [6.45, 7) is 6.00. The van der Waals surface area contributed by atoms with Gasteiger partial charge in [-0.15, -0.1) is 16.8 Å². The molecule has 2 heterocycles. The van der Waals surface area contributed by atoms with Gasteiger partial charge < -0.3 is 9.88 Å². The smallest absolute Gasteiger partial charge is 0.230 e. The van der Waals surface area contributed by atoms with E-state index in [1.165, 1.54) is 11.8 Å². The molecule has 0 unspecified atom stereocenters. The molecule has 0 saturated heterocycles. The van der Waals surface area contributed by atoms with Crippen molar-refractivity contribution in [2.24, 2.45) is 14.1 Å². The van der Waals surface area contributed by atoms with Crippen LogP contribution in [0.4, 0.5) is 0 Å². The third-order valence-corrected chi connectivity index (χ3v) is 3.97. The number of hydrogen-bond donors (Lipinski definition) is 1. The predicted octanol–water partition coefficient (Wildman–Crippen LogP) is 0.918. The fourth-order valence-electron chi connectivity index (χ4n) is 1.70. The van der Waals surface area contributed by atoms with Crippen LogP contribution in [0.2, 0.25) is 0 Å². The molecule has 1 N–H and O–H groups in total. The zero-order chi connectivity index (χ0) is 15.4. The van der Waals surface area contributed by atoms with Gasteiger partial charge in [0, 0.05) is 26.3 Å². The third-order valence-electron chi connectivity index (χ3n) is 2.95. The first kappa shape index (κ1) is 15.3. The lowest BCUT2D eigenvalue weighted by Gasteiger charge is -2.02. The molecular weight excluding hydrogens is 288 g/mol. The Balaban J connectivity index is 2.07. The van der Waals surface area contributed by atoms with Gasteiger partial charge >= 0.3 is 0 Å². The zero-order valence-electron chi connectivity index (χ0n) is 12.3. The Labute approximate surface area is 127 Å². The number of carbonyl (C=O) groups is 1. The van der Waals surface area contributed by atoms with Gasteiger partial charge in [-0.2, -0.15) is 5.10 Å². The first-order valence-electron chi connectivity index (χ1n) is 6.43. The van der Waals surface area contributed by atoms with Crippen LogP contribution in [0.1, 0.15) is 5.69 Å². The molecule has 1 amide bonds. The average Bonchev–Trinajstić information content (AvgIpc) is 2.98. The summed E-state index contributed by atoms with van der Waals surface area (Å²) in [7, 11) is 3.75. The number of aryl methyl sites for hydroxylation is 2. The van der Waals surface area contributed by atoms with Gasteiger partial charge in [0.1, 0.15) is 5.69 Å². The van der Waals surface area contributed by atoms with Gasteiger partial charge in [0.15, 0.2) is 11.0 Å². The highest BCUT2D eigenvalue weighted by atomic mass is 32.2. The number of rotatable bonds is 6. The molecule has 0 fully saturated rings. The Morgan fingerprint density at radius 3 is 2.86 bits per heavy atom. The van der Waals surface area contributed by atoms with Crippen molar-refractivity contribution in [1.29, 1.82) is 0 Å². The van der Waals surface area contributed by atoms with Gasteiger partial charge in [-0.05, 0) is 13.0 Å². The van der Waals surface area contributed by atoms with Crippen LogP contribution in [0.5, 0.6) is 0 Å². The van der Waals surface area contributed by atoms with Crippen molar-refractivity contribution in [2.75, 3.05) is 12.3 Å². The van der Waals surface area contributed by atoms with Gasteiger partial charge in [0.2, 0.25) is 5.91 Å². The van der Waals surface area contributed by atoms with Gasteiger partial charge in [-0.3, -0.25) is 9.48 Å². The Morgan fingerprint density at radius 2 is 2.24 bits per heavy atom. The van der Waals surface area contributed by atoms with E-state index < -0.39 is 0 Å². The molecule has 2 aromatic rings. The molecule has 7 nitrogen and oxygen atoms in total. The predicted molar refractivity (Wildman–Crippen MR) is 81.9 cm³/mol. The van der Waals surface area contributed by atoms with E-state index in [0.29, 0.717) is 23.3 Å². The average molecular weight is 306 g/mol. The molecule has 21 heavy (non-hydrogen) atoms. The summed E-state index contributed by atoms with van der Waals surface area (Å²) in [4.78, 5) is 11.6. The lowest BCUT2D eigenvalue weighted by atomic mass is 10.3. The third kappa shape index (κ3) is 3.52. The monoisotopic (exact) mass is 306 g/mol. The lowest BCUT2D eigenvalue weighted by Crippen LogP contribution is -2.25. The normalized spacial score (nSPS) is 10.6. The van der Waals surface area contributed by atoms with Crippen LogP contribution in [0.25, 0.3) is 11.5 Å². The van der Waals surface area contributed by atoms with Crippen LogP contribution >= 0.6 is 11.8 Å². The summed E-state index contributed by atoms with van der Waals surface area (Å²) in [6.07, 6.45) is 1.65. The Morgan fingerprint density at radius 1 is 1.48 bits per heavy atom. The quantitative estimate of drug-likeness (QED) is 0.634. The van der Waals surface area contributed by atoms with Crippen molar-refractivity contribution in [3.63, 3.8) is 0 Å². The maximum Gasteiger partial charge on any atom is 0.230 e. The second-order valence-corrected chi connectivity index (χ2v) is 5.48. The first-order valence-corrected chi connectivity index (χ1v) is 7.42. The number of thioether (sulfide) groups is 1. The molecule has 8 heteroatoms. The molecule has 2 aromatic heterocycles. The van der Waals surface area contributed by atoms with E-state index in [1.807, 2.05) is 31.7 Å². The largest absolute Gasteiger partial charge is 0.352 e. The van der Waals surface area contributed by atoms with E-state index in [-0.39, 0.29) is 5.91 Å². The Bertz CT molecular complexity index is 640. The van der Waals surface area contributed by atoms with E-state index in [4.69, 9.17) is 0 Å². The van der Waals surface area contributed by atoms with Gasteiger partial charge in [-0.1, -0.05) is 17.8 Å². The highest BCUT2D eigenvalue weighted by Crippen LogP contribution is 2.21. The molecule has 0 spiro atoms. The topological polar surface area (TPSA) is 77.6 Å². The Hall–Kier alpha value is -2.09. The van der Waals surface area contributed by atoms with Crippen molar-refractivity contribution in [3.8, 4) is 11.5 Å². The minimum Gasteiger partial charge on any atom is -0.352 e. The molecule has 0 aromatic carbocycles. The van der Waals surface area contributed by atoms with Crippen LogP contribution in [0.15, 0.2) is 23.9 Å². The number of nitrogens with one attached hydrogen (secondary N) is 1. The summed E-state index contributed by atoms with van der Waals surface area (Å²) < 4.78 is 3.63. The molecule has 0 aliphatic heterocycles. The minimum absolute atomic E-state index is 0.0573. The lowest BCUT2D eigenvalue weighted by molar-refractivity contribution is -0.118. The number of nitrogens with zero attached hydrogens (tertiary/aromatic N) is 5. The molecule has 0 aliphatic rings. The summed E-state index contributed by atoms with van der Waals surface area (Å²) in [5.41, 5.74) is 1.82. The molecule has 2 rings (SSSR count). The number of amides is 1. The van der Waals surface area contributed by atoms with E-state index in [0.717, 1.165) is 11.4 Å². The van der Waals surface area contributed by atoms with E-state index in [1.54, 1.807) is 10.8 Å². The SMILES string of the molecule is C=CCNC(=O)CSc1nnc(-c2cc(C)n(C)n2)n1C. The molecule has 112 valence electrons. The molecule has 0 saturated carbocycles. The standard InChI is InChI=1S/C13H18N6OS/c1-5-6-14-11(20)8-21-13-16-15-12(18(13)3)10-7-9(2)19(4)17-10/h5,7H,1,6,8H2,2-4H3,(H,14,20). The van der Waals surface area contributed by atoms with Crippen LogP contribution in [0, 0.1) is 6.92 Å². The van der Waals surface area contributed by atoms with Gasteiger partial charge in [-0.25, -0.2) is 0 Å². The van der Waals surface area contributed by atoms with Crippen molar-refractivity contribution < 1.29 is 4.79 Å². The molecule has 0 radical (unpaired) electrons. The van der Waals surface area contributed by atoms with E-state index in [2.05, 4.69) is 27.2 Å². The second-order valence-electron chi connectivity index (χ2n) is 4.54. The van der Waals surface area contributed by atoms with Crippen LogP contribution in [-0.2, 0) is 18.9 Å². The highest BCUT2D eigenvalue weighted by molar-refractivity contribution is 7.99.